The lowest BCUT2D eigenvalue weighted by molar-refractivity contribution is -0.384. The van der Waals surface area contributed by atoms with E-state index < -0.39 is 4.92 Å². The lowest BCUT2D eigenvalue weighted by Crippen LogP contribution is -2.42. The van der Waals surface area contributed by atoms with Crippen molar-refractivity contribution in [2.45, 2.75) is 37.8 Å². The number of hydrogen-bond donors (Lipinski definition) is 1. The summed E-state index contributed by atoms with van der Waals surface area (Å²) in [6.45, 7) is 2.21. The largest absolute Gasteiger partial charge is 0.361 e. The second kappa shape index (κ2) is 5.66. The first-order chi connectivity index (χ1) is 10.2. The van der Waals surface area contributed by atoms with Gasteiger partial charge in [-0.2, -0.15) is 5.26 Å². The van der Waals surface area contributed by atoms with Crippen molar-refractivity contribution in [3.63, 3.8) is 0 Å². The molecule has 2 aliphatic heterocycles. The van der Waals surface area contributed by atoms with E-state index in [-0.39, 0.29) is 23.1 Å². The number of nitriles is 1. The topological polar surface area (TPSA) is 95.1 Å². The number of nitrogens with one attached hydrogen (secondary N) is 1. The van der Waals surface area contributed by atoms with Gasteiger partial charge in [0.25, 0.3) is 0 Å². The number of nitrogens with zero attached hydrogens (tertiary/aromatic N) is 4. The summed E-state index contributed by atoms with van der Waals surface area (Å²) < 4.78 is 0. The minimum absolute atomic E-state index is 0.122. The predicted molar refractivity (Wildman–Crippen MR) is 76.8 cm³/mol. The molecule has 1 N–H and O–H groups in total. The molecule has 1 aromatic rings. The van der Waals surface area contributed by atoms with Crippen molar-refractivity contribution in [2.75, 3.05) is 18.4 Å². The Morgan fingerprint density at radius 3 is 3.10 bits per heavy atom. The zero-order valence-electron chi connectivity index (χ0n) is 11.7. The molecule has 2 unspecified atom stereocenters. The van der Waals surface area contributed by atoms with Gasteiger partial charge in [0.05, 0.1) is 10.5 Å². The summed E-state index contributed by atoms with van der Waals surface area (Å²) >= 11 is 0. The average molecular weight is 287 g/mol. The third-order valence-corrected chi connectivity index (χ3v) is 4.35. The van der Waals surface area contributed by atoms with Crippen molar-refractivity contribution in [3.8, 4) is 6.07 Å². The Morgan fingerprint density at radius 1 is 1.48 bits per heavy atom. The van der Waals surface area contributed by atoms with Crippen LogP contribution in [0.15, 0.2) is 12.3 Å². The van der Waals surface area contributed by atoms with Crippen LogP contribution in [0, 0.1) is 21.4 Å². The Kier molecular flexibility index (Phi) is 3.71. The smallest absolute Gasteiger partial charge is 0.312 e. The van der Waals surface area contributed by atoms with Crippen LogP contribution in [0.5, 0.6) is 0 Å². The molecule has 2 fully saturated rings. The summed E-state index contributed by atoms with van der Waals surface area (Å²) in [5.74, 6) is 0.274. The first-order valence-corrected chi connectivity index (χ1v) is 7.22. The van der Waals surface area contributed by atoms with Crippen LogP contribution in [-0.4, -0.2) is 40.0 Å². The van der Waals surface area contributed by atoms with E-state index in [1.165, 1.54) is 31.6 Å². The van der Waals surface area contributed by atoms with E-state index in [1.807, 2.05) is 6.07 Å². The number of anilines is 1. The SMILES string of the molecule is N#Cc1cnc(NC2CCN3CCCC3C2)c([N+](=O)[O-])c1. The molecule has 0 amide bonds. The molecule has 1 aromatic heterocycles. The van der Waals surface area contributed by atoms with Crippen LogP contribution in [0.3, 0.4) is 0 Å². The van der Waals surface area contributed by atoms with E-state index in [0.29, 0.717) is 6.04 Å². The summed E-state index contributed by atoms with van der Waals surface area (Å²) in [5, 5.41) is 23.1. The van der Waals surface area contributed by atoms with Gasteiger partial charge in [-0.05, 0) is 32.2 Å². The van der Waals surface area contributed by atoms with Crippen LogP contribution < -0.4 is 5.32 Å². The second-order valence-electron chi connectivity index (χ2n) is 5.66. The van der Waals surface area contributed by atoms with Gasteiger partial charge in [-0.25, -0.2) is 4.98 Å². The van der Waals surface area contributed by atoms with E-state index in [4.69, 9.17) is 5.26 Å². The monoisotopic (exact) mass is 287 g/mol. The highest BCUT2D eigenvalue weighted by Crippen LogP contribution is 2.30. The predicted octanol–water partition coefficient (Wildman–Crippen LogP) is 1.90. The van der Waals surface area contributed by atoms with E-state index >= 15 is 0 Å². The van der Waals surface area contributed by atoms with E-state index in [1.54, 1.807) is 0 Å². The van der Waals surface area contributed by atoms with Crippen LogP contribution in [-0.2, 0) is 0 Å². The van der Waals surface area contributed by atoms with Gasteiger partial charge >= 0.3 is 5.69 Å². The number of pyridine rings is 1. The zero-order chi connectivity index (χ0) is 14.8. The molecule has 0 aliphatic carbocycles. The molecule has 0 radical (unpaired) electrons. The van der Waals surface area contributed by atoms with Crippen molar-refractivity contribution in [2.24, 2.45) is 0 Å². The van der Waals surface area contributed by atoms with Gasteiger partial charge in [0.15, 0.2) is 0 Å². The highest BCUT2D eigenvalue weighted by atomic mass is 16.6. The van der Waals surface area contributed by atoms with Gasteiger partial charge < -0.3 is 10.2 Å². The fourth-order valence-corrected chi connectivity index (χ4v) is 3.31. The van der Waals surface area contributed by atoms with Crippen molar-refractivity contribution in [1.29, 1.82) is 5.26 Å². The van der Waals surface area contributed by atoms with Gasteiger partial charge in [-0.1, -0.05) is 0 Å². The van der Waals surface area contributed by atoms with Gasteiger partial charge in [0.2, 0.25) is 5.82 Å². The minimum Gasteiger partial charge on any atom is -0.361 e. The molecule has 3 rings (SSSR count). The van der Waals surface area contributed by atoms with Crippen LogP contribution in [0.25, 0.3) is 0 Å². The van der Waals surface area contributed by atoms with Gasteiger partial charge in [0.1, 0.15) is 6.07 Å². The Bertz CT molecular complexity index is 598. The molecular weight excluding hydrogens is 270 g/mol. The average Bonchev–Trinajstić information content (AvgIpc) is 2.95. The van der Waals surface area contributed by atoms with Crippen molar-refractivity contribution in [3.05, 3.63) is 27.9 Å². The highest BCUT2D eigenvalue weighted by Gasteiger charge is 2.32. The standard InChI is InChI=1S/C14H17N5O2/c15-8-10-6-13(19(20)21)14(16-9-10)17-11-3-5-18-4-1-2-12(18)7-11/h6,9,11-12H,1-5,7H2,(H,16,17). The molecule has 21 heavy (non-hydrogen) atoms. The normalized spacial score (nSPS) is 25.1. The molecule has 3 heterocycles. The number of rotatable bonds is 3. The maximum atomic E-state index is 11.1. The number of fused-ring (bicyclic) bond motifs is 1. The van der Waals surface area contributed by atoms with Crippen LogP contribution >= 0.6 is 0 Å². The quantitative estimate of drug-likeness (QED) is 0.674. The van der Waals surface area contributed by atoms with E-state index in [2.05, 4.69) is 15.2 Å². The molecule has 2 aliphatic rings. The zero-order valence-corrected chi connectivity index (χ0v) is 11.7. The van der Waals surface area contributed by atoms with Crippen LogP contribution in [0.2, 0.25) is 0 Å². The molecule has 7 nitrogen and oxygen atoms in total. The number of hydrogen-bond acceptors (Lipinski definition) is 6. The van der Waals surface area contributed by atoms with E-state index in [0.717, 1.165) is 19.4 Å². The number of aromatic nitrogens is 1. The number of piperidine rings is 1. The fraction of sp³-hybridized carbons (Fsp3) is 0.571. The van der Waals surface area contributed by atoms with E-state index in [9.17, 15) is 10.1 Å². The Morgan fingerprint density at radius 2 is 2.33 bits per heavy atom. The Labute approximate surface area is 122 Å². The Balaban J connectivity index is 1.75. The van der Waals surface area contributed by atoms with Crippen molar-refractivity contribution < 1.29 is 4.92 Å². The molecule has 0 bridgehead atoms. The molecule has 0 spiro atoms. The van der Waals surface area contributed by atoms with Crippen molar-refractivity contribution in [1.82, 2.24) is 9.88 Å². The lowest BCUT2D eigenvalue weighted by Gasteiger charge is -2.35. The first-order valence-electron chi connectivity index (χ1n) is 7.22. The minimum atomic E-state index is -0.485. The van der Waals surface area contributed by atoms with Crippen LogP contribution in [0.4, 0.5) is 11.5 Å². The molecule has 7 heteroatoms. The summed E-state index contributed by atoms with van der Waals surface area (Å²) in [5.41, 5.74) is 0.0840. The third-order valence-electron chi connectivity index (χ3n) is 4.35. The van der Waals surface area contributed by atoms with Gasteiger partial charge in [-0.3, -0.25) is 10.1 Å². The van der Waals surface area contributed by atoms with Crippen LogP contribution in [0.1, 0.15) is 31.2 Å². The highest BCUT2D eigenvalue weighted by molar-refractivity contribution is 5.58. The lowest BCUT2D eigenvalue weighted by atomic mass is 9.97. The molecule has 110 valence electrons. The summed E-state index contributed by atoms with van der Waals surface area (Å²) in [6.07, 6.45) is 5.79. The number of nitro groups is 1. The van der Waals surface area contributed by atoms with Gasteiger partial charge in [0, 0.05) is 30.9 Å². The maximum absolute atomic E-state index is 11.1. The first kappa shape index (κ1) is 13.8. The maximum Gasteiger partial charge on any atom is 0.312 e. The van der Waals surface area contributed by atoms with Crippen molar-refractivity contribution >= 4 is 11.5 Å². The summed E-state index contributed by atoms with van der Waals surface area (Å²) in [4.78, 5) is 17.2. The molecule has 0 aromatic carbocycles. The third kappa shape index (κ3) is 2.81. The molecule has 2 saturated heterocycles. The second-order valence-corrected chi connectivity index (χ2v) is 5.66. The molecule has 0 saturated carbocycles. The summed E-state index contributed by atoms with van der Waals surface area (Å²) in [7, 11) is 0. The Hall–Kier alpha value is -2.20. The molecule has 2 atom stereocenters. The molecular formula is C14H17N5O2. The summed E-state index contributed by atoms with van der Waals surface area (Å²) in [6, 6.07) is 3.96. The van der Waals surface area contributed by atoms with Gasteiger partial charge in [-0.15, -0.1) is 0 Å². The fourth-order valence-electron chi connectivity index (χ4n) is 3.31.